The molecule has 9 heteroatoms. The van der Waals surface area contributed by atoms with Crippen molar-refractivity contribution in [2.75, 3.05) is 20.3 Å². The van der Waals surface area contributed by atoms with E-state index in [0.29, 0.717) is 46.4 Å². The SMILES string of the molecule is CCOc1cc(/C=C2/SC(=Nc3ccc(OC)cc3)N(CC)C2=O)c(Br)cc1OCc1ccc(Cl)cc1. The van der Waals surface area contributed by atoms with Gasteiger partial charge in [-0.1, -0.05) is 39.7 Å². The van der Waals surface area contributed by atoms with Crippen molar-refractivity contribution in [2.45, 2.75) is 20.5 Å². The van der Waals surface area contributed by atoms with Gasteiger partial charge >= 0.3 is 0 Å². The van der Waals surface area contributed by atoms with E-state index < -0.39 is 0 Å². The molecule has 1 saturated heterocycles. The van der Waals surface area contributed by atoms with E-state index >= 15 is 0 Å². The van der Waals surface area contributed by atoms with Gasteiger partial charge in [0, 0.05) is 16.0 Å². The first-order valence-corrected chi connectivity index (χ1v) is 13.7. The smallest absolute Gasteiger partial charge is 0.266 e. The minimum absolute atomic E-state index is 0.0901. The maximum absolute atomic E-state index is 13.2. The highest BCUT2D eigenvalue weighted by Crippen LogP contribution is 2.39. The molecule has 1 amide bonds. The van der Waals surface area contributed by atoms with Crippen LogP contribution in [0.4, 0.5) is 5.69 Å². The van der Waals surface area contributed by atoms with Crippen LogP contribution in [0.1, 0.15) is 25.0 Å². The summed E-state index contributed by atoms with van der Waals surface area (Å²) in [7, 11) is 1.62. The summed E-state index contributed by atoms with van der Waals surface area (Å²) in [5, 5.41) is 1.31. The Balaban J connectivity index is 1.59. The van der Waals surface area contributed by atoms with Crippen LogP contribution < -0.4 is 14.2 Å². The first kappa shape index (κ1) is 27.1. The fourth-order valence-electron chi connectivity index (χ4n) is 3.56. The molecule has 4 rings (SSSR count). The highest BCUT2D eigenvalue weighted by molar-refractivity contribution is 9.10. The molecule has 0 atom stereocenters. The summed E-state index contributed by atoms with van der Waals surface area (Å²) >= 11 is 11.0. The molecule has 3 aromatic carbocycles. The second kappa shape index (κ2) is 12.5. The fourth-order valence-corrected chi connectivity index (χ4v) is 5.18. The third-order valence-electron chi connectivity index (χ3n) is 5.46. The third kappa shape index (κ3) is 6.69. The van der Waals surface area contributed by atoms with Gasteiger partial charge in [-0.2, -0.15) is 0 Å². The summed E-state index contributed by atoms with van der Waals surface area (Å²) in [5.74, 6) is 1.87. The molecule has 1 aliphatic heterocycles. The molecule has 37 heavy (non-hydrogen) atoms. The molecule has 0 aromatic heterocycles. The zero-order chi connectivity index (χ0) is 26.4. The van der Waals surface area contributed by atoms with E-state index in [1.165, 1.54) is 11.8 Å². The Morgan fingerprint density at radius 3 is 2.38 bits per heavy atom. The largest absolute Gasteiger partial charge is 0.497 e. The number of aliphatic imine (C=N–C) groups is 1. The number of methoxy groups -OCH3 is 1. The lowest BCUT2D eigenvalue weighted by Crippen LogP contribution is -2.28. The molecule has 1 fully saturated rings. The Morgan fingerprint density at radius 1 is 1.03 bits per heavy atom. The molecular weight excluding hydrogens is 576 g/mol. The second-order valence-electron chi connectivity index (χ2n) is 7.92. The number of ether oxygens (including phenoxy) is 3. The molecule has 3 aromatic rings. The van der Waals surface area contributed by atoms with Gasteiger partial charge in [0.05, 0.1) is 24.3 Å². The van der Waals surface area contributed by atoms with Crippen molar-refractivity contribution in [3.8, 4) is 17.2 Å². The number of likely N-dealkylation sites (N-methyl/N-ethyl adjacent to an activating group) is 1. The molecule has 0 spiro atoms. The zero-order valence-corrected chi connectivity index (χ0v) is 23.8. The van der Waals surface area contributed by atoms with Crippen LogP contribution in [0.3, 0.4) is 0 Å². The van der Waals surface area contributed by atoms with E-state index in [1.807, 2.05) is 80.6 Å². The maximum Gasteiger partial charge on any atom is 0.266 e. The second-order valence-corrected chi connectivity index (χ2v) is 10.2. The van der Waals surface area contributed by atoms with Gasteiger partial charge in [0.2, 0.25) is 0 Å². The number of halogens is 2. The standard InChI is InChI=1S/C28H26BrClN2O4S/c1-4-32-27(33)26(37-28(32)31-21-10-12-22(34-3)13-11-21)15-19-14-24(35-5-2)25(16-23(19)29)36-17-18-6-8-20(30)9-7-18/h6-16H,4-5,17H2,1-3H3/b26-15+,31-28?. The van der Waals surface area contributed by atoms with Crippen molar-refractivity contribution in [1.82, 2.24) is 4.90 Å². The van der Waals surface area contributed by atoms with Gasteiger partial charge in [-0.3, -0.25) is 9.69 Å². The molecule has 192 valence electrons. The minimum Gasteiger partial charge on any atom is -0.497 e. The summed E-state index contributed by atoms with van der Waals surface area (Å²) in [6.45, 7) is 5.21. The van der Waals surface area contributed by atoms with Crippen LogP contribution in [0.2, 0.25) is 5.02 Å². The molecular formula is C28H26BrClN2O4S. The van der Waals surface area contributed by atoms with E-state index in [9.17, 15) is 4.79 Å². The van der Waals surface area contributed by atoms with Crippen LogP contribution in [0, 0.1) is 0 Å². The number of carbonyl (C=O) groups is 1. The normalized spacial score (nSPS) is 15.5. The van der Waals surface area contributed by atoms with Gasteiger partial charge in [0.1, 0.15) is 12.4 Å². The van der Waals surface area contributed by atoms with E-state index in [4.69, 9.17) is 30.8 Å². The lowest BCUT2D eigenvalue weighted by atomic mass is 10.1. The molecule has 0 N–H and O–H groups in total. The number of amides is 1. The number of thioether (sulfide) groups is 1. The number of amidine groups is 1. The van der Waals surface area contributed by atoms with Gasteiger partial charge in [0.25, 0.3) is 5.91 Å². The van der Waals surface area contributed by atoms with Crippen LogP contribution in [-0.2, 0) is 11.4 Å². The predicted octanol–water partition coefficient (Wildman–Crippen LogP) is 7.71. The summed E-state index contributed by atoms with van der Waals surface area (Å²) in [4.78, 5) is 20.1. The molecule has 0 bridgehead atoms. The van der Waals surface area contributed by atoms with E-state index in [2.05, 4.69) is 15.9 Å². The third-order valence-corrected chi connectivity index (χ3v) is 7.40. The first-order valence-electron chi connectivity index (χ1n) is 11.7. The van der Waals surface area contributed by atoms with Crippen molar-refractivity contribution in [1.29, 1.82) is 0 Å². The van der Waals surface area contributed by atoms with Crippen LogP contribution in [0.15, 0.2) is 75.0 Å². The van der Waals surface area contributed by atoms with Gasteiger partial charge in [-0.25, -0.2) is 4.99 Å². The average Bonchev–Trinajstić information content (AvgIpc) is 3.19. The highest BCUT2D eigenvalue weighted by Gasteiger charge is 2.32. The van der Waals surface area contributed by atoms with E-state index in [1.54, 1.807) is 12.0 Å². The van der Waals surface area contributed by atoms with Crippen molar-refractivity contribution in [3.05, 3.63) is 86.2 Å². The molecule has 0 aliphatic carbocycles. The fraction of sp³-hybridized carbons (Fsp3) is 0.214. The Kier molecular flexibility index (Phi) is 9.18. The van der Waals surface area contributed by atoms with Crippen molar-refractivity contribution >= 4 is 62.1 Å². The minimum atomic E-state index is -0.0901. The molecule has 0 saturated carbocycles. The maximum atomic E-state index is 13.2. The highest BCUT2D eigenvalue weighted by atomic mass is 79.9. The Hall–Kier alpha value is -2.94. The Bertz CT molecular complexity index is 1330. The van der Waals surface area contributed by atoms with E-state index in [-0.39, 0.29) is 5.91 Å². The molecule has 0 radical (unpaired) electrons. The monoisotopic (exact) mass is 600 g/mol. The summed E-state index contributed by atoms with van der Waals surface area (Å²) in [6.07, 6.45) is 1.85. The number of carbonyl (C=O) groups excluding carboxylic acids is 1. The number of hydrogen-bond donors (Lipinski definition) is 0. The van der Waals surface area contributed by atoms with Crippen LogP contribution in [0.25, 0.3) is 6.08 Å². The molecule has 6 nitrogen and oxygen atoms in total. The summed E-state index contributed by atoms with van der Waals surface area (Å²) < 4.78 is 17.9. The quantitative estimate of drug-likeness (QED) is 0.235. The number of nitrogens with zero attached hydrogens (tertiary/aromatic N) is 2. The topological polar surface area (TPSA) is 60.4 Å². The number of rotatable bonds is 9. The molecule has 0 unspecified atom stereocenters. The summed E-state index contributed by atoms with van der Waals surface area (Å²) in [5.41, 5.74) is 2.54. The summed E-state index contributed by atoms with van der Waals surface area (Å²) in [6, 6.07) is 18.7. The van der Waals surface area contributed by atoms with Gasteiger partial charge in [-0.15, -0.1) is 0 Å². The number of hydrogen-bond acceptors (Lipinski definition) is 6. The van der Waals surface area contributed by atoms with Crippen molar-refractivity contribution < 1.29 is 19.0 Å². The Morgan fingerprint density at radius 2 is 1.73 bits per heavy atom. The van der Waals surface area contributed by atoms with Gasteiger partial charge < -0.3 is 14.2 Å². The van der Waals surface area contributed by atoms with Crippen LogP contribution in [0.5, 0.6) is 17.2 Å². The lowest BCUT2D eigenvalue weighted by Gasteiger charge is -2.14. The number of benzene rings is 3. The first-order chi connectivity index (χ1) is 17.9. The van der Waals surface area contributed by atoms with E-state index in [0.717, 1.165) is 27.0 Å². The molecule has 1 heterocycles. The van der Waals surface area contributed by atoms with Crippen LogP contribution in [-0.4, -0.2) is 36.2 Å². The lowest BCUT2D eigenvalue weighted by molar-refractivity contribution is -0.122. The van der Waals surface area contributed by atoms with Gasteiger partial charge in [-0.05, 0) is 91.3 Å². The van der Waals surface area contributed by atoms with Gasteiger partial charge in [0.15, 0.2) is 16.7 Å². The Labute approximate surface area is 234 Å². The van der Waals surface area contributed by atoms with Crippen LogP contribution >= 0.6 is 39.3 Å². The van der Waals surface area contributed by atoms with Crippen molar-refractivity contribution in [2.24, 2.45) is 4.99 Å². The van der Waals surface area contributed by atoms with Crippen molar-refractivity contribution in [3.63, 3.8) is 0 Å². The zero-order valence-electron chi connectivity index (χ0n) is 20.7. The average molecular weight is 602 g/mol. The predicted molar refractivity (Wildman–Crippen MR) is 154 cm³/mol. The molecule has 1 aliphatic rings.